The van der Waals surface area contributed by atoms with E-state index in [-0.39, 0.29) is 0 Å². The Balaban J connectivity index is 2.12. The molecule has 0 aromatic heterocycles. The molecule has 0 radical (unpaired) electrons. The molecule has 1 fully saturated rings. The first-order valence-electron chi connectivity index (χ1n) is 5.40. The molecule has 1 aliphatic heterocycles. The Morgan fingerprint density at radius 1 is 1.33 bits per heavy atom. The minimum atomic E-state index is 0.707. The van der Waals surface area contributed by atoms with Gasteiger partial charge in [-0.05, 0) is 72.5 Å². The Hall–Kier alpha value is -0.540. The van der Waals surface area contributed by atoms with Gasteiger partial charge in [-0.25, -0.2) is 0 Å². The van der Waals surface area contributed by atoms with E-state index >= 15 is 0 Å². The highest BCUT2D eigenvalue weighted by Crippen LogP contribution is 2.31. The van der Waals surface area contributed by atoms with Crippen LogP contribution in [0.2, 0.25) is 0 Å². The smallest absolute Gasteiger partial charge is 0.0458 e. The van der Waals surface area contributed by atoms with Crippen LogP contribution in [0, 0.1) is 0 Å². The van der Waals surface area contributed by atoms with Crippen LogP contribution in [-0.2, 0) is 0 Å². The van der Waals surface area contributed by atoms with Gasteiger partial charge in [0, 0.05) is 10.2 Å². The second-order valence-electron chi connectivity index (χ2n) is 4.36. The number of likely N-dealkylation sites (tertiary alicyclic amines) is 1. The zero-order valence-corrected chi connectivity index (χ0v) is 10.6. The number of piperidine rings is 1. The standard InChI is InChI=1S/C12H17BrN2/c1-15-6-4-9(5-7-15)10-2-3-12(14)11(13)8-10/h2-3,8-9H,4-7,14H2,1H3. The van der Waals surface area contributed by atoms with Crippen molar-refractivity contribution < 1.29 is 0 Å². The van der Waals surface area contributed by atoms with E-state index in [2.05, 4.69) is 40.0 Å². The minimum Gasteiger partial charge on any atom is -0.398 e. The average Bonchev–Trinajstić information content (AvgIpc) is 2.23. The van der Waals surface area contributed by atoms with Crippen molar-refractivity contribution >= 4 is 21.6 Å². The van der Waals surface area contributed by atoms with Gasteiger partial charge in [-0.3, -0.25) is 0 Å². The number of hydrogen-bond donors (Lipinski definition) is 1. The predicted octanol–water partition coefficient (Wildman–Crippen LogP) is 2.84. The topological polar surface area (TPSA) is 29.3 Å². The van der Waals surface area contributed by atoms with Crippen molar-refractivity contribution in [2.24, 2.45) is 0 Å². The lowest BCUT2D eigenvalue weighted by molar-refractivity contribution is 0.255. The third-order valence-corrected chi connectivity index (χ3v) is 3.90. The van der Waals surface area contributed by atoms with Crippen molar-refractivity contribution in [3.8, 4) is 0 Å². The lowest BCUT2D eigenvalue weighted by Crippen LogP contribution is -2.29. The van der Waals surface area contributed by atoms with Crippen molar-refractivity contribution in [1.82, 2.24) is 4.90 Å². The molecule has 82 valence electrons. The number of rotatable bonds is 1. The van der Waals surface area contributed by atoms with Crippen molar-refractivity contribution in [3.63, 3.8) is 0 Å². The summed E-state index contributed by atoms with van der Waals surface area (Å²) in [7, 11) is 2.19. The lowest BCUT2D eigenvalue weighted by atomic mass is 9.89. The molecule has 1 aliphatic rings. The average molecular weight is 269 g/mol. The fourth-order valence-electron chi connectivity index (χ4n) is 2.14. The summed E-state index contributed by atoms with van der Waals surface area (Å²) in [6.07, 6.45) is 2.51. The number of halogens is 1. The van der Waals surface area contributed by atoms with E-state index in [1.807, 2.05) is 6.07 Å². The van der Waals surface area contributed by atoms with E-state index < -0.39 is 0 Å². The molecule has 1 heterocycles. The van der Waals surface area contributed by atoms with Crippen LogP contribution in [0.1, 0.15) is 24.3 Å². The summed E-state index contributed by atoms with van der Waals surface area (Å²) < 4.78 is 1.03. The molecule has 2 nitrogen and oxygen atoms in total. The Labute approximate surface area is 99.6 Å². The number of anilines is 1. The second-order valence-corrected chi connectivity index (χ2v) is 5.21. The third kappa shape index (κ3) is 2.52. The van der Waals surface area contributed by atoms with E-state index in [0.717, 1.165) is 10.2 Å². The van der Waals surface area contributed by atoms with E-state index in [4.69, 9.17) is 5.73 Å². The molecule has 0 unspecified atom stereocenters. The van der Waals surface area contributed by atoms with Crippen LogP contribution in [-0.4, -0.2) is 25.0 Å². The molecule has 2 N–H and O–H groups in total. The molecule has 15 heavy (non-hydrogen) atoms. The molecule has 1 aromatic rings. The van der Waals surface area contributed by atoms with Crippen LogP contribution in [0.25, 0.3) is 0 Å². The van der Waals surface area contributed by atoms with Crippen LogP contribution >= 0.6 is 15.9 Å². The molecular weight excluding hydrogens is 252 g/mol. The van der Waals surface area contributed by atoms with Crippen LogP contribution in [0.5, 0.6) is 0 Å². The van der Waals surface area contributed by atoms with Gasteiger partial charge in [0.25, 0.3) is 0 Å². The number of benzene rings is 1. The molecule has 0 saturated carbocycles. The Kier molecular flexibility index (Phi) is 3.32. The molecule has 0 bridgehead atoms. The summed E-state index contributed by atoms with van der Waals surface area (Å²) in [5.74, 6) is 0.707. The quantitative estimate of drug-likeness (QED) is 0.794. The van der Waals surface area contributed by atoms with Gasteiger partial charge < -0.3 is 10.6 Å². The van der Waals surface area contributed by atoms with Crippen molar-refractivity contribution in [1.29, 1.82) is 0 Å². The minimum absolute atomic E-state index is 0.707. The molecule has 0 amide bonds. The van der Waals surface area contributed by atoms with Gasteiger partial charge >= 0.3 is 0 Å². The van der Waals surface area contributed by atoms with Crippen LogP contribution in [0.15, 0.2) is 22.7 Å². The van der Waals surface area contributed by atoms with Gasteiger partial charge in [0.05, 0.1) is 0 Å². The molecule has 3 heteroatoms. The fourth-order valence-corrected chi connectivity index (χ4v) is 2.54. The van der Waals surface area contributed by atoms with Crippen LogP contribution in [0.3, 0.4) is 0 Å². The summed E-state index contributed by atoms with van der Waals surface area (Å²) >= 11 is 3.49. The van der Waals surface area contributed by atoms with E-state index in [9.17, 15) is 0 Å². The molecule has 2 rings (SSSR count). The SMILES string of the molecule is CN1CCC(c2ccc(N)c(Br)c2)CC1. The van der Waals surface area contributed by atoms with Crippen LogP contribution in [0.4, 0.5) is 5.69 Å². The van der Waals surface area contributed by atoms with Gasteiger partial charge in [-0.1, -0.05) is 6.07 Å². The van der Waals surface area contributed by atoms with Crippen molar-refractivity contribution in [3.05, 3.63) is 28.2 Å². The maximum atomic E-state index is 5.79. The Bertz CT molecular complexity index is 343. The first kappa shape index (κ1) is 11.0. The highest BCUT2D eigenvalue weighted by atomic mass is 79.9. The molecule has 0 aliphatic carbocycles. The zero-order valence-electron chi connectivity index (χ0n) is 9.04. The van der Waals surface area contributed by atoms with Crippen molar-refractivity contribution in [2.45, 2.75) is 18.8 Å². The number of hydrogen-bond acceptors (Lipinski definition) is 2. The van der Waals surface area contributed by atoms with Gasteiger partial charge in [0.1, 0.15) is 0 Å². The normalized spacial score (nSPS) is 19.3. The van der Waals surface area contributed by atoms with Crippen LogP contribution < -0.4 is 5.73 Å². The van der Waals surface area contributed by atoms with Gasteiger partial charge in [-0.15, -0.1) is 0 Å². The maximum Gasteiger partial charge on any atom is 0.0458 e. The lowest BCUT2D eigenvalue weighted by Gasteiger charge is -2.29. The van der Waals surface area contributed by atoms with E-state index in [1.54, 1.807) is 0 Å². The number of nitrogens with zero attached hydrogens (tertiary/aromatic N) is 1. The van der Waals surface area contributed by atoms with E-state index in [1.165, 1.54) is 31.5 Å². The Morgan fingerprint density at radius 2 is 2.00 bits per heavy atom. The summed E-state index contributed by atoms with van der Waals surface area (Å²) in [6.45, 7) is 2.40. The monoisotopic (exact) mass is 268 g/mol. The number of nitrogen functional groups attached to an aromatic ring is 1. The van der Waals surface area contributed by atoms with Gasteiger partial charge in [0.2, 0.25) is 0 Å². The van der Waals surface area contributed by atoms with E-state index in [0.29, 0.717) is 5.92 Å². The van der Waals surface area contributed by atoms with Gasteiger partial charge in [-0.2, -0.15) is 0 Å². The van der Waals surface area contributed by atoms with Gasteiger partial charge in [0.15, 0.2) is 0 Å². The highest BCUT2D eigenvalue weighted by Gasteiger charge is 2.18. The first-order chi connectivity index (χ1) is 7.16. The largest absolute Gasteiger partial charge is 0.398 e. The third-order valence-electron chi connectivity index (χ3n) is 3.21. The summed E-state index contributed by atoms with van der Waals surface area (Å²) in [5, 5.41) is 0. The molecule has 1 saturated heterocycles. The summed E-state index contributed by atoms with van der Waals surface area (Å²) in [4.78, 5) is 2.39. The molecule has 0 spiro atoms. The molecule has 1 aromatic carbocycles. The maximum absolute atomic E-state index is 5.79. The fraction of sp³-hybridized carbons (Fsp3) is 0.500. The van der Waals surface area contributed by atoms with Crippen molar-refractivity contribution in [2.75, 3.05) is 25.9 Å². The zero-order chi connectivity index (χ0) is 10.8. The second kappa shape index (κ2) is 4.54. The predicted molar refractivity (Wildman–Crippen MR) is 68.0 cm³/mol. The summed E-state index contributed by atoms with van der Waals surface area (Å²) in [6, 6.07) is 6.33. The Morgan fingerprint density at radius 3 is 2.60 bits per heavy atom. The number of nitrogens with two attached hydrogens (primary N) is 1. The first-order valence-corrected chi connectivity index (χ1v) is 6.19. The molecular formula is C12H17BrN2. The molecule has 0 atom stereocenters. The summed E-state index contributed by atoms with van der Waals surface area (Å²) in [5.41, 5.74) is 8.03. The highest BCUT2D eigenvalue weighted by molar-refractivity contribution is 9.10.